The van der Waals surface area contributed by atoms with Crippen molar-refractivity contribution >= 4 is 17.3 Å². The largest absolute Gasteiger partial charge is 0.291 e. The molecule has 0 aromatic rings. The fourth-order valence-electron chi connectivity index (χ4n) is 2.25. The Kier molecular flexibility index (Phi) is 4.44. The smallest absolute Gasteiger partial charge is 0.0386 e. The van der Waals surface area contributed by atoms with Gasteiger partial charge in [-0.25, -0.2) is 5.43 Å². The summed E-state index contributed by atoms with van der Waals surface area (Å²) in [5, 5.41) is 0. The predicted octanol–water partition coefficient (Wildman–Crippen LogP) is 3.93. The van der Waals surface area contributed by atoms with Crippen LogP contribution in [0.25, 0.3) is 0 Å². The normalized spacial score (nSPS) is 20.1. The molecular formula is C12H26N2P2. The third kappa shape index (κ3) is 3.19. The molecule has 1 heterocycles. The van der Waals surface area contributed by atoms with Gasteiger partial charge in [0.25, 0.3) is 0 Å². The Morgan fingerprint density at radius 3 is 2.06 bits per heavy atom. The molecule has 1 aliphatic rings. The molecule has 0 aromatic heterocycles. The molecule has 0 radical (unpaired) electrons. The maximum absolute atomic E-state index is 3.49. The second kappa shape index (κ2) is 4.92. The summed E-state index contributed by atoms with van der Waals surface area (Å²) >= 11 is 0. The van der Waals surface area contributed by atoms with Crippen molar-refractivity contribution < 1.29 is 0 Å². The molecule has 94 valence electrons. The number of nitrogens with zero attached hydrogens (tertiary/aromatic N) is 1. The van der Waals surface area contributed by atoms with E-state index in [0.29, 0.717) is 8.42 Å². The number of hydrogen-bond donors (Lipinski definition) is 1. The van der Waals surface area contributed by atoms with Crippen LogP contribution >= 0.6 is 17.3 Å². The van der Waals surface area contributed by atoms with Crippen molar-refractivity contribution in [3.8, 4) is 0 Å². The SMILES string of the molecule is CC(C)(C)C1=C(C(C)(C)C)N(PP)NCC1. The molecule has 0 aliphatic carbocycles. The third-order valence-corrected chi connectivity index (χ3v) is 4.31. The van der Waals surface area contributed by atoms with Gasteiger partial charge in [0.05, 0.1) is 0 Å². The van der Waals surface area contributed by atoms with Crippen LogP contribution in [0.1, 0.15) is 48.0 Å². The molecule has 1 N–H and O–H groups in total. The van der Waals surface area contributed by atoms with Crippen LogP contribution in [0, 0.1) is 10.8 Å². The van der Waals surface area contributed by atoms with Gasteiger partial charge in [-0.3, -0.25) is 4.78 Å². The maximum Gasteiger partial charge on any atom is 0.0386 e. The molecule has 1 rings (SSSR count). The molecule has 0 amide bonds. The first-order valence-electron chi connectivity index (χ1n) is 5.92. The zero-order chi connectivity index (χ0) is 12.6. The van der Waals surface area contributed by atoms with Crippen LogP contribution in [0.4, 0.5) is 0 Å². The Hall–Kier alpha value is 0.360. The molecule has 0 saturated carbocycles. The van der Waals surface area contributed by atoms with E-state index in [4.69, 9.17) is 0 Å². The van der Waals surface area contributed by atoms with Crippen molar-refractivity contribution in [3.63, 3.8) is 0 Å². The first-order chi connectivity index (χ1) is 7.18. The van der Waals surface area contributed by atoms with Crippen molar-refractivity contribution in [2.45, 2.75) is 48.0 Å². The van der Waals surface area contributed by atoms with Crippen LogP contribution in [0.2, 0.25) is 0 Å². The number of rotatable bonds is 1. The molecule has 1 aliphatic heterocycles. The second-order valence-electron chi connectivity index (χ2n) is 6.45. The summed E-state index contributed by atoms with van der Waals surface area (Å²) in [7, 11) is 3.55. The highest BCUT2D eigenvalue weighted by molar-refractivity contribution is 8.01. The molecule has 0 bridgehead atoms. The number of nitrogens with one attached hydrogen (secondary N) is 1. The highest BCUT2D eigenvalue weighted by atomic mass is 32.0. The number of hydrazine groups is 1. The lowest BCUT2D eigenvalue weighted by atomic mass is 9.76. The first kappa shape index (κ1) is 14.4. The molecule has 0 fully saturated rings. The van der Waals surface area contributed by atoms with Gasteiger partial charge < -0.3 is 0 Å². The second-order valence-corrected chi connectivity index (χ2v) is 7.93. The zero-order valence-corrected chi connectivity index (χ0v) is 13.6. The summed E-state index contributed by atoms with van der Waals surface area (Å²) < 4.78 is 2.33. The zero-order valence-electron chi connectivity index (χ0n) is 11.4. The standard InChI is InChI=1S/C12H26N2P2/c1-11(2,3)9-7-8-13-14(16-15)10(9)12(4,5)6/h13,16H,7-8,15H2,1-6H3. The van der Waals surface area contributed by atoms with Crippen LogP contribution in [0.5, 0.6) is 0 Å². The molecule has 0 saturated heterocycles. The highest BCUT2D eigenvalue weighted by Crippen LogP contribution is 2.45. The molecule has 2 atom stereocenters. The van der Waals surface area contributed by atoms with E-state index >= 15 is 0 Å². The summed E-state index contributed by atoms with van der Waals surface area (Å²) in [6.07, 6.45) is 1.17. The lowest BCUT2D eigenvalue weighted by Gasteiger charge is -2.43. The van der Waals surface area contributed by atoms with Crippen LogP contribution in [0.3, 0.4) is 0 Å². The van der Waals surface area contributed by atoms with Crippen LogP contribution in [0.15, 0.2) is 11.3 Å². The summed E-state index contributed by atoms with van der Waals surface area (Å²) in [6.45, 7) is 14.9. The molecule has 4 heteroatoms. The van der Waals surface area contributed by atoms with Crippen LogP contribution in [-0.2, 0) is 0 Å². The van der Waals surface area contributed by atoms with Gasteiger partial charge in [0.2, 0.25) is 0 Å². The summed E-state index contributed by atoms with van der Waals surface area (Å²) in [5.74, 6) is 0. The summed E-state index contributed by atoms with van der Waals surface area (Å²) in [6, 6.07) is 0. The topological polar surface area (TPSA) is 15.3 Å². The summed E-state index contributed by atoms with van der Waals surface area (Å²) in [5.41, 5.74) is 7.06. The quantitative estimate of drug-likeness (QED) is 0.719. The third-order valence-electron chi connectivity index (χ3n) is 2.90. The Balaban J connectivity index is 3.26. The fraction of sp³-hybridized carbons (Fsp3) is 0.833. The molecule has 2 nitrogen and oxygen atoms in total. The van der Waals surface area contributed by atoms with Gasteiger partial charge in [-0.1, -0.05) is 50.5 Å². The Morgan fingerprint density at radius 1 is 1.12 bits per heavy atom. The van der Waals surface area contributed by atoms with Crippen molar-refractivity contribution in [3.05, 3.63) is 11.3 Å². The van der Waals surface area contributed by atoms with E-state index < -0.39 is 0 Å². The van der Waals surface area contributed by atoms with Gasteiger partial charge in [-0.05, 0) is 17.4 Å². The van der Waals surface area contributed by atoms with Gasteiger partial charge in [0, 0.05) is 26.1 Å². The van der Waals surface area contributed by atoms with E-state index in [9.17, 15) is 0 Å². The van der Waals surface area contributed by atoms with Gasteiger partial charge in [0.1, 0.15) is 0 Å². The highest BCUT2D eigenvalue weighted by Gasteiger charge is 2.33. The molecule has 0 aromatic carbocycles. The van der Waals surface area contributed by atoms with Gasteiger partial charge >= 0.3 is 0 Å². The van der Waals surface area contributed by atoms with E-state index in [1.165, 1.54) is 12.1 Å². The van der Waals surface area contributed by atoms with Crippen molar-refractivity contribution in [2.75, 3.05) is 6.54 Å². The molecule has 16 heavy (non-hydrogen) atoms. The maximum atomic E-state index is 3.49. The number of hydrogen-bond acceptors (Lipinski definition) is 2. The lowest BCUT2D eigenvalue weighted by molar-refractivity contribution is 0.271. The minimum Gasteiger partial charge on any atom is -0.291 e. The average molecular weight is 260 g/mol. The Bertz CT molecular complexity index is 284. The molecule has 0 spiro atoms. The minimum absolute atomic E-state index is 0.208. The first-order valence-corrected chi connectivity index (χ1v) is 8.67. The van der Waals surface area contributed by atoms with Gasteiger partial charge in [0.15, 0.2) is 0 Å². The molecular weight excluding hydrogens is 234 g/mol. The summed E-state index contributed by atoms with van der Waals surface area (Å²) in [4.78, 5) is 0. The van der Waals surface area contributed by atoms with Crippen molar-refractivity contribution in [1.82, 2.24) is 10.2 Å². The fourth-order valence-corrected chi connectivity index (χ4v) is 3.72. The van der Waals surface area contributed by atoms with E-state index in [1.807, 2.05) is 0 Å². The van der Waals surface area contributed by atoms with Gasteiger partial charge in [-0.15, -0.1) is 0 Å². The van der Waals surface area contributed by atoms with Crippen molar-refractivity contribution in [2.24, 2.45) is 10.8 Å². The van der Waals surface area contributed by atoms with E-state index in [-0.39, 0.29) is 10.8 Å². The van der Waals surface area contributed by atoms with Crippen molar-refractivity contribution in [1.29, 1.82) is 0 Å². The Labute approximate surface area is 105 Å². The predicted molar refractivity (Wildman–Crippen MR) is 78.4 cm³/mol. The van der Waals surface area contributed by atoms with E-state index in [2.05, 4.69) is 60.7 Å². The number of allylic oxidation sites excluding steroid dienone is 1. The monoisotopic (exact) mass is 260 g/mol. The van der Waals surface area contributed by atoms with Gasteiger partial charge in [-0.2, -0.15) is 0 Å². The molecule has 2 unspecified atom stereocenters. The van der Waals surface area contributed by atoms with E-state index in [1.54, 1.807) is 5.57 Å². The lowest BCUT2D eigenvalue weighted by Crippen LogP contribution is -2.42. The van der Waals surface area contributed by atoms with E-state index in [0.717, 1.165) is 6.54 Å². The minimum atomic E-state index is 0.208. The van der Waals surface area contributed by atoms with Crippen LogP contribution in [-0.4, -0.2) is 11.3 Å². The van der Waals surface area contributed by atoms with Crippen LogP contribution < -0.4 is 5.43 Å². The Morgan fingerprint density at radius 2 is 1.69 bits per heavy atom. The average Bonchev–Trinajstić information content (AvgIpc) is 2.13.